The molecule has 128 valence electrons. The van der Waals surface area contributed by atoms with E-state index in [1.807, 2.05) is 64.1 Å². The van der Waals surface area contributed by atoms with E-state index in [0.29, 0.717) is 11.1 Å². The number of fused-ring (bicyclic) bond motifs is 1. The number of rotatable bonds is 4. The van der Waals surface area contributed by atoms with Gasteiger partial charge in [-0.3, -0.25) is 0 Å². The maximum atomic E-state index is 11.8. The quantitative estimate of drug-likeness (QED) is 0.728. The molecule has 4 heteroatoms. The van der Waals surface area contributed by atoms with Crippen LogP contribution < -0.4 is 4.74 Å². The van der Waals surface area contributed by atoms with Crippen molar-refractivity contribution >= 4 is 16.9 Å². The minimum Gasteiger partial charge on any atom is -0.491 e. The SMILES string of the molecule is Cc1cc(C)c2nc(-c3cccc(OC(C)C)c3)cc(C(=O)O)c2c1. The lowest BCUT2D eigenvalue weighted by molar-refractivity contribution is 0.0699. The molecular formula is C21H21NO3. The van der Waals surface area contributed by atoms with Crippen LogP contribution in [0.3, 0.4) is 0 Å². The molecule has 3 rings (SSSR count). The van der Waals surface area contributed by atoms with E-state index in [0.717, 1.165) is 28.0 Å². The zero-order valence-electron chi connectivity index (χ0n) is 14.8. The number of carboxylic acid groups (broad SMARTS) is 1. The molecule has 0 unspecified atom stereocenters. The van der Waals surface area contributed by atoms with Gasteiger partial charge in [-0.25, -0.2) is 9.78 Å². The average molecular weight is 335 g/mol. The van der Waals surface area contributed by atoms with Gasteiger partial charge in [-0.1, -0.05) is 23.8 Å². The molecule has 1 N–H and O–H groups in total. The first-order valence-corrected chi connectivity index (χ1v) is 8.27. The number of hydrogen-bond acceptors (Lipinski definition) is 3. The van der Waals surface area contributed by atoms with Crippen LogP contribution in [0.15, 0.2) is 42.5 Å². The summed E-state index contributed by atoms with van der Waals surface area (Å²) in [5.74, 6) is -0.208. The van der Waals surface area contributed by atoms with Crippen LogP contribution >= 0.6 is 0 Å². The Hall–Kier alpha value is -2.88. The molecule has 0 saturated heterocycles. The number of hydrogen-bond donors (Lipinski definition) is 1. The van der Waals surface area contributed by atoms with Crippen molar-refractivity contribution < 1.29 is 14.6 Å². The molecule has 4 nitrogen and oxygen atoms in total. The highest BCUT2D eigenvalue weighted by molar-refractivity contribution is 6.04. The summed E-state index contributed by atoms with van der Waals surface area (Å²) in [5, 5.41) is 10.3. The predicted molar refractivity (Wildman–Crippen MR) is 99.4 cm³/mol. The van der Waals surface area contributed by atoms with Crippen LogP contribution in [-0.4, -0.2) is 22.2 Å². The fourth-order valence-corrected chi connectivity index (χ4v) is 3.01. The Bertz CT molecular complexity index is 961. The van der Waals surface area contributed by atoms with Crippen LogP contribution in [0.5, 0.6) is 5.75 Å². The first kappa shape index (κ1) is 17.0. The molecule has 0 amide bonds. The average Bonchev–Trinajstić information content (AvgIpc) is 2.53. The lowest BCUT2D eigenvalue weighted by Crippen LogP contribution is -2.05. The van der Waals surface area contributed by atoms with Gasteiger partial charge < -0.3 is 9.84 Å². The van der Waals surface area contributed by atoms with Crippen molar-refractivity contribution in [3.63, 3.8) is 0 Å². The summed E-state index contributed by atoms with van der Waals surface area (Å²) in [5.41, 5.74) is 4.44. The predicted octanol–water partition coefficient (Wildman–Crippen LogP) is 5.00. The number of carbonyl (C=O) groups is 1. The molecule has 1 aromatic heterocycles. The molecule has 0 radical (unpaired) electrons. The van der Waals surface area contributed by atoms with E-state index in [2.05, 4.69) is 0 Å². The number of aryl methyl sites for hydroxylation is 2. The van der Waals surface area contributed by atoms with Crippen molar-refractivity contribution in [1.82, 2.24) is 4.98 Å². The largest absolute Gasteiger partial charge is 0.491 e. The second-order valence-corrected chi connectivity index (χ2v) is 6.53. The van der Waals surface area contributed by atoms with Gasteiger partial charge in [-0.2, -0.15) is 0 Å². The monoisotopic (exact) mass is 335 g/mol. The third-order valence-corrected chi connectivity index (χ3v) is 3.98. The summed E-state index contributed by atoms with van der Waals surface area (Å²) in [6.45, 7) is 7.85. The third kappa shape index (κ3) is 3.48. The standard InChI is InChI=1S/C21H21NO3/c1-12(2)25-16-7-5-6-15(10-16)19-11-18(21(23)24)17-9-13(3)8-14(4)20(17)22-19/h5-12H,1-4H3,(H,23,24). The molecule has 0 aliphatic carbocycles. The third-order valence-electron chi connectivity index (χ3n) is 3.98. The van der Waals surface area contributed by atoms with Crippen LogP contribution in [0.2, 0.25) is 0 Å². The second kappa shape index (κ2) is 6.55. The molecule has 0 saturated carbocycles. The first-order valence-electron chi connectivity index (χ1n) is 8.27. The minimum absolute atomic E-state index is 0.0691. The number of benzene rings is 2. The maximum Gasteiger partial charge on any atom is 0.336 e. The summed E-state index contributed by atoms with van der Waals surface area (Å²) >= 11 is 0. The smallest absolute Gasteiger partial charge is 0.336 e. The molecule has 0 aliphatic rings. The molecule has 25 heavy (non-hydrogen) atoms. The van der Waals surface area contributed by atoms with E-state index in [1.54, 1.807) is 6.07 Å². The van der Waals surface area contributed by atoms with E-state index < -0.39 is 5.97 Å². The van der Waals surface area contributed by atoms with E-state index >= 15 is 0 Å². The molecule has 0 fully saturated rings. The van der Waals surface area contributed by atoms with Gasteiger partial charge in [0, 0.05) is 10.9 Å². The zero-order chi connectivity index (χ0) is 18.1. The zero-order valence-corrected chi connectivity index (χ0v) is 14.8. The van der Waals surface area contributed by atoms with Crippen molar-refractivity contribution in [3.05, 3.63) is 59.2 Å². The Morgan fingerprint density at radius 1 is 1.12 bits per heavy atom. The lowest BCUT2D eigenvalue weighted by Gasteiger charge is -2.13. The van der Waals surface area contributed by atoms with Gasteiger partial charge in [-0.05, 0) is 57.5 Å². The molecule has 0 bridgehead atoms. The van der Waals surface area contributed by atoms with Crippen molar-refractivity contribution in [2.75, 3.05) is 0 Å². The maximum absolute atomic E-state index is 11.8. The lowest BCUT2D eigenvalue weighted by atomic mass is 10.00. The molecular weight excluding hydrogens is 314 g/mol. The van der Waals surface area contributed by atoms with Crippen LogP contribution in [0.1, 0.15) is 35.3 Å². The van der Waals surface area contributed by atoms with E-state index in [4.69, 9.17) is 9.72 Å². The fraction of sp³-hybridized carbons (Fsp3) is 0.238. The number of pyridine rings is 1. The molecule has 0 atom stereocenters. The Kier molecular flexibility index (Phi) is 4.45. The number of aromatic carboxylic acids is 1. The number of ether oxygens (including phenoxy) is 1. The first-order chi connectivity index (χ1) is 11.8. The van der Waals surface area contributed by atoms with Gasteiger partial charge in [0.2, 0.25) is 0 Å². The normalized spacial score (nSPS) is 11.1. The molecule has 3 aromatic rings. The van der Waals surface area contributed by atoms with Crippen LogP contribution in [-0.2, 0) is 0 Å². The van der Waals surface area contributed by atoms with Crippen LogP contribution in [0.4, 0.5) is 0 Å². The summed E-state index contributed by atoms with van der Waals surface area (Å²) in [7, 11) is 0. The van der Waals surface area contributed by atoms with Gasteiger partial charge in [-0.15, -0.1) is 0 Å². The molecule has 0 aliphatic heterocycles. The number of carboxylic acids is 1. The summed E-state index contributed by atoms with van der Waals surface area (Å²) in [6.07, 6.45) is 0.0691. The second-order valence-electron chi connectivity index (χ2n) is 6.53. The summed E-state index contributed by atoms with van der Waals surface area (Å²) < 4.78 is 5.74. The number of nitrogens with zero attached hydrogens (tertiary/aromatic N) is 1. The van der Waals surface area contributed by atoms with Crippen molar-refractivity contribution in [1.29, 1.82) is 0 Å². The summed E-state index contributed by atoms with van der Waals surface area (Å²) in [4.78, 5) is 16.5. The van der Waals surface area contributed by atoms with E-state index in [-0.39, 0.29) is 11.7 Å². The van der Waals surface area contributed by atoms with Gasteiger partial charge in [0.15, 0.2) is 0 Å². The topological polar surface area (TPSA) is 59.4 Å². The fourth-order valence-electron chi connectivity index (χ4n) is 3.01. The van der Waals surface area contributed by atoms with E-state index in [1.165, 1.54) is 0 Å². The Labute approximate surface area is 147 Å². The molecule has 0 spiro atoms. The van der Waals surface area contributed by atoms with Gasteiger partial charge in [0.25, 0.3) is 0 Å². The van der Waals surface area contributed by atoms with Crippen molar-refractivity contribution in [2.45, 2.75) is 33.8 Å². The van der Waals surface area contributed by atoms with E-state index in [9.17, 15) is 9.90 Å². The van der Waals surface area contributed by atoms with Crippen LogP contribution in [0.25, 0.3) is 22.2 Å². The highest BCUT2D eigenvalue weighted by Gasteiger charge is 2.15. The van der Waals surface area contributed by atoms with Crippen molar-refractivity contribution in [2.24, 2.45) is 0 Å². The van der Waals surface area contributed by atoms with Gasteiger partial charge in [0.1, 0.15) is 5.75 Å². The minimum atomic E-state index is -0.951. The highest BCUT2D eigenvalue weighted by atomic mass is 16.5. The highest BCUT2D eigenvalue weighted by Crippen LogP contribution is 2.29. The molecule has 1 heterocycles. The van der Waals surface area contributed by atoms with Crippen LogP contribution in [0, 0.1) is 13.8 Å². The summed E-state index contributed by atoms with van der Waals surface area (Å²) in [6, 6.07) is 13.1. The Morgan fingerprint density at radius 3 is 2.56 bits per heavy atom. The van der Waals surface area contributed by atoms with Gasteiger partial charge >= 0.3 is 5.97 Å². The Balaban J connectivity index is 2.22. The van der Waals surface area contributed by atoms with Gasteiger partial charge in [0.05, 0.1) is 22.9 Å². The Morgan fingerprint density at radius 2 is 1.88 bits per heavy atom. The molecule has 2 aromatic carbocycles. The van der Waals surface area contributed by atoms with Crippen molar-refractivity contribution in [3.8, 4) is 17.0 Å². The number of aromatic nitrogens is 1.